The van der Waals surface area contributed by atoms with Gasteiger partial charge in [0.1, 0.15) is 5.82 Å². The van der Waals surface area contributed by atoms with E-state index in [9.17, 15) is 4.39 Å². The van der Waals surface area contributed by atoms with Crippen LogP contribution in [-0.2, 0) is 0 Å². The molecule has 3 rings (SSSR count). The zero-order valence-corrected chi connectivity index (χ0v) is 11.0. The van der Waals surface area contributed by atoms with E-state index in [0.717, 1.165) is 11.1 Å². The highest BCUT2D eigenvalue weighted by atomic mass is 35.5. The van der Waals surface area contributed by atoms with Gasteiger partial charge in [0.2, 0.25) is 0 Å². The first-order chi connectivity index (χ1) is 9.70. The minimum atomic E-state index is -0.533. The SMILES string of the molecule is NNC(c1ccc(Cl)cc1F)c1cnn2ccncc12. The van der Waals surface area contributed by atoms with E-state index >= 15 is 0 Å². The fourth-order valence-corrected chi connectivity index (χ4v) is 2.32. The van der Waals surface area contributed by atoms with E-state index in [-0.39, 0.29) is 0 Å². The Morgan fingerprint density at radius 2 is 2.15 bits per heavy atom. The zero-order chi connectivity index (χ0) is 14.1. The largest absolute Gasteiger partial charge is 0.271 e. The van der Waals surface area contributed by atoms with Crippen molar-refractivity contribution in [3.8, 4) is 0 Å². The molecule has 0 bridgehead atoms. The van der Waals surface area contributed by atoms with E-state index in [0.29, 0.717) is 10.6 Å². The molecule has 3 aromatic rings. The van der Waals surface area contributed by atoms with Crippen molar-refractivity contribution in [2.45, 2.75) is 6.04 Å². The summed E-state index contributed by atoms with van der Waals surface area (Å²) in [4.78, 5) is 4.05. The maximum Gasteiger partial charge on any atom is 0.129 e. The molecule has 0 saturated carbocycles. The van der Waals surface area contributed by atoms with Crippen molar-refractivity contribution in [1.29, 1.82) is 0 Å². The molecule has 1 atom stereocenters. The Morgan fingerprint density at radius 1 is 1.30 bits per heavy atom. The summed E-state index contributed by atoms with van der Waals surface area (Å²) in [5, 5.41) is 4.53. The number of halogens is 2. The van der Waals surface area contributed by atoms with Crippen LogP contribution < -0.4 is 11.3 Å². The quantitative estimate of drug-likeness (QED) is 0.573. The van der Waals surface area contributed by atoms with Crippen LogP contribution in [0.15, 0.2) is 43.0 Å². The molecule has 0 fully saturated rings. The molecule has 5 nitrogen and oxygen atoms in total. The van der Waals surface area contributed by atoms with Gasteiger partial charge in [0.25, 0.3) is 0 Å². The number of benzene rings is 1. The standard InChI is InChI=1S/C13H11ClFN5/c14-8-1-2-9(11(15)5-8)13(19-16)10-6-18-20-4-3-17-7-12(10)20/h1-7,13,19H,16H2. The molecule has 0 saturated heterocycles. The second-order valence-electron chi connectivity index (χ2n) is 4.27. The van der Waals surface area contributed by atoms with Gasteiger partial charge in [0, 0.05) is 28.5 Å². The van der Waals surface area contributed by atoms with Crippen LogP contribution in [-0.4, -0.2) is 14.6 Å². The van der Waals surface area contributed by atoms with Crippen LogP contribution in [0.5, 0.6) is 0 Å². The van der Waals surface area contributed by atoms with Gasteiger partial charge in [0.05, 0.1) is 24.0 Å². The molecular weight excluding hydrogens is 281 g/mol. The lowest BCUT2D eigenvalue weighted by Crippen LogP contribution is -2.29. The van der Waals surface area contributed by atoms with E-state index in [1.54, 1.807) is 41.4 Å². The third kappa shape index (κ3) is 2.14. The van der Waals surface area contributed by atoms with Gasteiger partial charge in [-0.05, 0) is 12.1 Å². The summed E-state index contributed by atoms with van der Waals surface area (Å²) in [6, 6.07) is 3.94. The van der Waals surface area contributed by atoms with Crippen molar-refractivity contribution < 1.29 is 4.39 Å². The lowest BCUT2D eigenvalue weighted by Gasteiger charge is -2.16. The normalized spacial score (nSPS) is 12.8. The number of hydrogen-bond acceptors (Lipinski definition) is 4. The Hall–Kier alpha value is -2.02. The highest BCUT2D eigenvalue weighted by Crippen LogP contribution is 2.28. The first-order valence-electron chi connectivity index (χ1n) is 5.89. The van der Waals surface area contributed by atoms with Crippen molar-refractivity contribution in [2.75, 3.05) is 0 Å². The van der Waals surface area contributed by atoms with Crippen LogP contribution in [0.1, 0.15) is 17.2 Å². The predicted octanol–water partition coefficient (Wildman–Crippen LogP) is 2.07. The van der Waals surface area contributed by atoms with Crippen molar-refractivity contribution in [3.05, 3.63) is 65.0 Å². The average molecular weight is 292 g/mol. The van der Waals surface area contributed by atoms with Crippen molar-refractivity contribution in [3.63, 3.8) is 0 Å². The summed E-state index contributed by atoms with van der Waals surface area (Å²) < 4.78 is 15.7. The first-order valence-corrected chi connectivity index (χ1v) is 6.27. The van der Waals surface area contributed by atoms with Gasteiger partial charge in [-0.15, -0.1) is 0 Å². The minimum absolute atomic E-state index is 0.337. The summed E-state index contributed by atoms with van der Waals surface area (Å²) in [6.45, 7) is 0. The topological polar surface area (TPSA) is 68.2 Å². The van der Waals surface area contributed by atoms with Gasteiger partial charge in [0.15, 0.2) is 0 Å². The van der Waals surface area contributed by atoms with E-state index in [2.05, 4.69) is 15.5 Å². The van der Waals surface area contributed by atoms with Crippen molar-refractivity contribution in [2.24, 2.45) is 5.84 Å². The smallest absolute Gasteiger partial charge is 0.129 e. The number of hydrogen-bond donors (Lipinski definition) is 2. The van der Waals surface area contributed by atoms with Gasteiger partial charge >= 0.3 is 0 Å². The predicted molar refractivity (Wildman–Crippen MR) is 73.6 cm³/mol. The lowest BCUT2D eigenvalue weighted by molar-refractivity contribution is 0.562. The molecule has 1 aromatic carbocycles. The third-order valence-corrected chi connectivity index (χ3v) is 3.34. The highest BCUT2D eigenvalue weighted by Gasteiger charge is 2.20. The second kappa shape index (κ2) is 5.16. The van der Waals surface area contributed by atoms with Crippen LogP contribution in [0.25, 0.3) is 5.52 Å². The molecule has 1 unspecified atom stereocenters. The molecule has 7 heteroatoms. The Morgan fingerprint density at radius 3 is 2.90 bits per heavy atom. The van der Waals surface area contributed by atoms with Crippen LogP contribution in [0.4, 0.5) is 4.39 Å². The summed E-state index contributed by atoms with van der Waals surface area (Å²) in [7, 11) is 0. The summed E-state index contributed by atoms with van der Waals surface area (Å²) in [5.41, 5.74) is 4.50. The summed E-state index contributed by atoms with van der Waals surface area (Å²) in [6.07, 6.45) is 6.62. The lowest BCUT2D eigenvalue weighted by atomic mass is 10.0. The monoisotopic (exact) mass is 291 g/mol. The number of fused-ring (bicyclic) bond motifs is 1. The third-order valence-electron chi connectivity index (χ3n) is 3.11. The van der Waals surface area contributed by atoms with Gasteiger partial charge in [-0.1, -0.05) is 17.7 Å². The number of nitrogens with zero attached hydrogens (tertiary/aromatic N) is 3. The Kier molecular flexibility index (Phi) is 3.35. The molecule has 2 aromatic heterocycles. The van der Waals surface area contributed by atoms with Crippen molar-refractivity contribution in [1.82, 2.24) is 20.0 Å². The summed E-state index contributed by atoms with van der Waals surface area (Å²) in [5.74, 6) is 5.16. The number of nitrogens with two attached hydrogens (primary N) is 1. The molecule has 0 aliphatic heterocycles. The Bertz CT molecular complexity index is 757. The van der Waals surface area contributed by atoms with Crippen LogP contribution in [0.3, 0.4) is 0 Å². The zero-order valence-electron chi connectivity index (χ0n) is 10.3. The molecule has 3 N–H and O–H groups in total. The molecule has 2 heterocycles. The highest BCUT2D eigenvalue weighted by molar-refractivity contribution is 6.30. The molecule has 0 aliphatic rings. The number of aromatic nitrogens is 3. The molecular formula is C13H11ClFN5. The van der Waals surface area contributed by atoms with Crippen LogP contribution >= 0.6 is 11.6 Å². The van der Waals surface area contributed by atoms with Gasteiger partial charge in [-0.3, -0.25) is 10.8 Å². The fourth-order valence-electron chi connectivity index (χ4n) is 2.16. The Labute approximate surface area is 119 Å². The maximum absolute atomic E-state index is 14.1. The van der Waals surface area contributed by atoms with E-state index < -0.39 is 11.9 Å². The first kappa shape index (κ1) is 13.0. The van der Waals surface area contributed by atoms with Gasteiger partial charge in [-0.25, -0.2) is 14.3 Å². The van der Waals surface area contributed by atoms with E-state index in [1.165, 1.54) is 6.07 Å². The average Bonchev–Trinajstić information content (AvgIpc) is 2.86. The molecule has 0 spiro atoms. The molecule has 20 heavy (non-hydrogen) atoms. The van der Waals surface area contributed by atoms with E-state index in [1.807, 2.05) is 0 Å². The Balaban J connectivity index is 2.14. The van der Waals surface area contributed by atoms with Crippen molar-refractivity contribution >= 4 is 17.1 Å². The summed E-state index contributed by atoms with van der Waals surface area (Å²) >= 11 is 5.77. The maximum atomic E-state index is 14.1. The van der Waals surface area contributed by atoms with Crippen LogP contribution in [0.2, 0.25) is 5.02 Å². The fraction of sp³-hybridized carbons (Fsp3) is 0.0769. The van der Waals surface area contributed by atoms with Gasteiger partial charge in [-0.2, -0.15) is 5.10 Å². The van der Waals surface area contributed by atoms with Gasteiger partial charge < -0.3 is 0 Å². The van der Waals surface area contributed by atoms with Crippen LogP contribution in [0, 0.1) is 5.82 Å². The minimum Gasteiger partial charge on any atom is -0.271 e. The number of hydrazine groups is 1. The second-order valence-corrected chi connectivity index (χ2v) is 4.71. The van der Waals surface area contributed by atoms with E-state index in [4.69, 9.17) is 17.4 Å². The molecule has 102 valence electrons. The number of nitrogens with one attached hydrogen (secondary N) is 1. The molecule has 0 radical (unpaired) electrons. The number of rotatable bonds is 3. The molecule has 0 aliphatic carbocycles. The molecule has 0 amide bonds.